The molecule has 0 radical (unpaired) electrons. The van der Waals surface area contributed by atoms with E-state index in [0.717, 1.165) is 10.9 Å². The molecular formula is C23H20N8O3S2. The van der Waals surface area contributed by atoms with Gasteiger partial charge in [0.15, 0.2) is 5.65 Å². The second-order valence-electron chi connectivity index (χ2n) is 7.67. The fourth-order valence-electron chi connectivity index (χ4n) is 3.48. The molecule has 13 heteroatoms. The standard InChI is InChI=1S/C23H20N8O3S2/c1-2-18(35-23-28-20-19(29-30-23)16-6-3-4-7-17(16)27-20)21(32)26-14-8-10-15(11-9-14)36(33,34)31-22-24-12-5-13-25-22/h3-13,18H,2H2,1H3,(H,26,32)(H,24,25,31)(H,27,28,30). The number of hydrogen-bond acceptors (Lipinski definition) is 9. The number of fused-ring (bicyclic) bond motifs is 3. The van der Waals surface area contributed by atoms with Gasteiger partial charge in [0, 0.05) is 29.0 Å². The average Bonchev–Trinajstić information content (AvgIpc) is 3.25. The Hall–Kier alpha value is -4.10. The van der Waals surface area contributed by atoms with Gasteiger partial charge in [0.05, 0.1) is 10.1 Å². The second kappa shape index (κ2) is 9.87. The number of hydrogen-bond donors (Lipinski definition) is 3. The molecule has 5 rings (SSSR count). The molecule has 0 fully saturated rings. The second-order valence-corrected chi connectivity index (χ2v) is 10.5. The van der Waals surface area contributed by atoms with Crippen molar-refractivity contribution in [1.82, 2.24) is 30.1 Å². The highest BCUT2D eigenvalue weighted by molar-refractivity contribution is 8.00. The van der Waals surface area contributed by atoms with Crippen molar-refractivity contribution >= 4 is 61.4 Å². The molecule has 3 heterocycles. The number of anilines is 2. The lowest BCUT2D eigenvalue weighted by molar-refractivity contribution is -0.115. The van der Waals surface area contributed by atoms with E-state index < -0.39 is 15.3 Å². The van der Waals surface area contributed by atoms with Gasteiger partial charge in [-0.15, -0.1) is 10.2 Å². The van der Waals surface area contributed by atoms with Gasteiger partial charge >= 0.3 is 0 Å². The predicted molar refractivity (Wildman–Crippen MR) is 137 cm³/mol. The molecule has 0 saturated heterocycles. The summed E-state index contributed by atoms with van der Waals surface area (Å²) in [6.07, 6.45) is 3.40. The number of sulfonamides is 1. The molecule has 1 amide bonds. The predicted octanol–water partition coefficient (Wildman–Crippen LogP) is 3.61. The highest BCUT2D eigenvalue weighted by atomic mass is 32.2. The zero-order valence-corrected chi connectivity index (χ0v) is 20.5. The Morgan fingerprint density at radius 3 is 2.53 bits per heavy atom. The molecule has 36 heavy (non-hydrogen) atoms. The van der Waals surface area contributed by atoms with E-state index in [1.54, 1.807) is 6.07 Å². The maximum Gasteiger partial charge on any atom is 0.264 e. The number of rotatable bonds is 8. The molecule has 0 bridgehead atoms. The summed E-state index contributed by atoms with van der Waals surface area (Å²) in [4.78, 5) is 28.4. The quantitative estimate of drug-likeness (QED) is 0.260. The van der Waals surface area contributed by atoms with E-state index in [-0.39, 0.29) is 16.8 Å². The summed E-state index contributed by atoms with van der Waals surface area (Å²) in [5.74, 6) is -0.283. The Morgan fingerprint density at radius 2 is 1.78 bits per heavy atom. The summed E-state index contributed by atoms with van der Waals surface area (Å²) < 4.78 is 27.4. The Bertz CT molecular complexity index is 1640. The number of benzene rings is 2. The number of aromatic amines is 1. The van der Waals surface area contributed by atoms with Gasteiger partial charge in [0.1, 0.15) is 5.52 Å². The van der Waals surface area contributed by atoms with Crippen LogP contribution in [0.25, 0.3) is 22.1 Å². The zero-order chi connectivity index (χ0) is 25.1. The molecule has 1 atom stereocenters. The molecular weight excluding hydrogens is 500 g/mol. The summed E-state index contributed by atoms with van der Waals surface area (Å²) in [6.45, 7) is 1.89. The fourth-order valence-corrected chi connectivity index (χ4v) is 5.25. The van der Waals surface area contributed by atoms with E-state index in [0.29, 0.717) is 28.4 Å². The van der Waals surface area contributed by atoms with Gasteiger partial charge in [-0.05, 0) is 42.8 Å². The number of nitrogens with one attached hydrogen (secondary N) is 3. The first-order valence-electron chi connectivity index (χ1n) is 10.9. The Balaban J connectivity index is 1.27. The van der Waals surface area contributed by atoms with Crippen molar-refractivity contribution in [2.45, 2.75) is 28.6 Å². The Labute approximate surface area is 210 Å². The van der Waals surface area contributed by atoms with Gasteiger partial charge in [-0.3, -0.25) is 4.79 Å². The minimum absolute atomic E-state index is 0.0143. The smallest absolute Gasteiger partial charge is 0.264 e. The number of para-hydroxylation sites is 1. The van der Waals surface area contributed by atoms with Crippen LogP contribution >= 0.6 is 11.8 Å². The summed E-state index contributed by atoms with van der Waals surface area (Å²) in [7, 11) is -3.87. The van der Waals surface area contributed by atoms with Gasteiger partial charge < -0.3 is 10.3 Å². The van der Waals surface area contributed by atoms with Gasteiger partial charge in [0.2, 0.25) is 17.0 Å². The highest BCUT2D eigenvalue weighted by Gasteiger charge is 2.21. The largest absolute Gasteiger partial charge is 0.338 e. The van der Waals surface area contributed by atoms with Gasteiger partial charge in [-0.25, -0.2) is 28.1 Å². The van der Waals surface area contributed by atoms with Crippen LogP contribution in [0.4, 0.5) is 11.6 Å². The van der Waals surface area contributed by atoms with Crippen LogP contribution in [-0.4, -0.2) is 49.7 Å². The number of H-pyrrole nitrogens is 1. The van der Waals surface area contributed by atoms with Crippen molar-refractivity contribution in [3.8, 4) is 0 Å². The number of carbonyl (C=O) groups excluding carboxylic acids is 1. The number of amides is 1. The maximum atomic E-state index is 12.9. The van der Waals surface area contributed by atoms with Crippen LogP contribution in [0.3, 0.4) is 0 Å². The first kappa shape index (κ1) is 23.6. The Morgan fingerprint density at radius 1 is 1.03 bits per heavy atom. The van der Waals surface area contributed by atoms with E-state index in [4.69, 9.17) is 0 Å². The summed E-state index contributed by atoms with van der Waals surface area (Å²) in [5.41, 5.74) is 2.66. The molecule has 1 unspecified atom stereocenters. The first-order chi connectivity index (χ1) is 17.4. The third-order valence-corrected chi connectivity index (χ3v) is 7.80. The molecule has 11 nitrogen and oxygen atoms in total. The molecule has 0 spiro atoms. The lowest BCUT2D eigenvalue weighted by Gasteiger charge is -2.14. The summed E-state index contributed by atoms with van der Waals surface area (Å²) >= 11 is 1.21. The van der Waals surface area contributed by atoms with Crippen molar-refractivity contribution < 1.29 is 13.2 Å². The molecule has 2 aromatic carbocycles. The van der Waals surface area contributed by atoms with Crippen LogP contribution in [-0.2, 0) is 14.8 Å². The van der Waals surface area contributed by atoms with E-state index in [1.165, 1.54) is 48.4 Å². The molecule has 0 aliphatic rings. The zero-order valence-electron chi connectivity index (χ0n) is 18.9. The summed E-state index contributed by atoms with van der Waals surface area (Å²) in [5, 5.41) is 12.1. The minimum Gasteiger partial charge on any atom is -0.338 e. The van der Waals surface area contributed by atoms with E-state index in [2.05, 4.69) is 40.2 Å². The van der Waals surface area contributed by atoms with E-state index in [9.17, 15) is 13.2 Å². The molecule has 3 N–H and O–H groups in total. The van der Waals surface area contributed by atoms with Crippen molar-refractivity contribution in [2.75, 3.05) is 10.0 Å². The van der Waals surface area contributed by atoms with Crippen molar-refractivity contribution in [2.24, 2.45) is 0 Å². The third-order valence-electron chi connectivity index (χ3n) is 5.24. The van der Waals surface area contributed by atoms with Crippen LogP contribution in [0, 0.1) is 0 Å². The van der Waals surface area contributed by atoms with Crippen molar-refractivity contribution in [1.29, 1.82) is 0 Å². The van der Waals surface area contributed by atoms with E-state index in [1.807, 2.05) is 31.2 Å². The van der Waals surface area contributed by atoms with Crippen LogP contribution in [0.1, 0.15) is 13.3 Å². The van der Waals surface area contributed by atoms with Gasteiger partial charge in [-0.1, -0.05) is 36.9 Å². The van der Waals surface area contributed by atoms with Crippen LogP contribution in [0.5, 0.6) is 0 Å². The van der Waals surface area contributed by atoms with Crippen LogP contribution in [0.2, 0.25) is 0 Å². The topological polar surface area (TPSA) is 156 Å². The third kappa shape index (κ3) is 4.97. The Kier molecular flexibility index (Phi) is 6.48. The first-order valence-corrected chi connectivity index (χ1v) is 13.3. The molecule has 0 aliphatic carbocycles. The van der Waals surface area contributed by atoms with Crippen molar-refractivity contribution in [3.05, 3.63) is 67.0 Å². The minimum atomic E-state index is -3.87. The number of nitrogens with zero attached hydrogens (tertiary/aromatic N) is 5. The van der Waals surface area contributed by atoms with Gasteiger partial charge in [0.25, 0.3) is 10.0 Å². The van der Waals surface area contributed by atoms with Crippen LogP contribution in [0.15, 0.2) is 77.0 Å². The maximum absolute atomic E-state index is 12.9. The molecule has 5 aromatic rings. The number of aromatic nitrogens is 6. The highest BCUT2D eigenvalue weighted by Crippen LogP contribution is 2.27. The van der Waals surface area contributed by atoms with Crippen LogP contribution < -0.4 is 10.0 Å². The van der Waals surface area contributed by atoms with Gasteiger partial charge in [-0.2, -0.15) is 0 Å². The SMILES string of the molecule is CCC(Sc1nnc2c(n1)[nH]c1ccccc12)C(=O)Nc1ccc(S(=O)(=O)Nc2ncccn2)cc1. The lowest BCUT2D eigenvalue weighted by atomic mass is 10.2. The monoisotopic (exact) mass is 520 g/mol. The number of carbonyl (C=O) groups is 1. The molecule has 182 valence electrons. The summed E-state index contributed by atoms with van der Waals surface area (Å²) in [6, 6.07) is 15.1. The molecule has 3 aromatic heterocycles. The fraction of sp³-hybridized carbons (Fsp3) is 0.130. The van der Waals surface area contributed by atoms with Crippen molar-refractivity contribution in [3.63, 3.8) is 0 Å². The molecule has 0 saturated carbocycles. The molecule has 0 aliphatic heterocycles. The normalized spacial score (nSPS) is 12.5. The number of thioether (sulfide) groups is 1. The lowest BCUT2D eigenvalue weighted by Crippen LogP contribution is -2.25. The van der Waals surface area contributed by atoms with E-state index >= 15 is 0 Å². The average molecular weight is 521 g/mol.